The Labute approximate surface area is 93.4 Å². The molecule has 0 heterocycles. The highest BCUT2D eigenvalue weighted by Crippen LogP contribution is 2.30. The molecule has 0 aliphatic heterocycles. The third-order valence-corrected chi connectivity index (χ3v) is 2.16. The number of methoxy groups -OCH3 is 2. The molecular formula is C11H15F2NO2. The van der Waals surface area contributed by atoms with Gasteiger partial charge in [0.15, 0.2) is 11.5 Å². The Morgan fingerprint density at radius 3 is 2.25 bits per heavy atom. The largest absolute Gasteiger partial charge is 0.493 e. The van der Waals surface area contributed by atoms with E-state index in [1.54, 1.807) is 18.2 Å². The molecule has 1 unspecified atom stereocenters. The van der Waals surface area contributed by atoms with Gasteiger partial charge in [0.05, 0.1) is 20.3 Å². The summed E-state index contributed by atoms with van der Waals surface area (Å²) in [5, 5.41) is 2.68. The van der Waals surface area contributed by atoms with Gasteiger partial charge in [-0.1, -0.05) is 0 Å². The lowest BCUT2D eigenvalue weighted by Gasteiger charge is -2.15. The van der Waals surface area contributed by atoms with Gasteiger partial charge in [0, 0.05) is 11.8 Å². The van der Waals surface area contributed by atoms with E-state index < -0.39 is 12.5 Å². The van der Waals surface area contributed by atoms with Crippen molar-refractivity contribution in [2.24, 2.45) is 0 Å². The average Bonchev–Trinajstić information content (AvgIpc) is 2.28. The highest BCUT2D eigenvalue weighted by Gasteiger charge is 2.14. The topological polar surface area (TPSA) is 30.5 Å². The fraction of sp³-hybridized carbons (Fsp3) is 0.455. The molecule has 1 N–H and O–H groups in total. The van der Waals surface area contributed by atoms with Crippen LogP contribution in [-0.2, 0) is 0 Å². The van der Waals surface area contributed by atoms with Crippen molar-refractivity contribution in [3.05, 3.63) is 18.2 Å². The summed E-state index contributed by atoms with van der Waals surface area (Å²) in [5.41, 5.74) is 0.574. The minimum atomic E-state index is -2.41. The number of halogens is 2. The molecular weight excluding hydrogens is 216 g/mol. The first-order valence-corrected chi connectivity index (χ1v) is 4.85. The van der Waals surface area contributed by atoms with E-state index in [4.69, 9.17) is 9.47 Å². The first-order chi connectivity index (χ1) is 7.58. The van der Waals surface area contributed by atoms with Crippen molar-refractivity contribution in [2.75, 3.05) is 19.5 Å². The average molecular weight is 231 g/mol. The van der Waals surface area contributed by atoms with Gasteiger partial charge in [0.25, 0.3) is 6.43 Å². The van der Waals surface area contributed by atoms with Gasteiger partial charge in [-0.3, -0.25) is 0 Å². The lowest BCUT2D eigenvalue weighted by Crippen LogP contribution is -2.23. The molecule has 1 aromatic rings. The Balaban J connectivity index is 2.82. The molecule has 3 nitrogen and oxygen atoms in total. The molecule has 0 saturated heterocycles. The number of rotatable bonds is 5. The summed E-state index contributed by atoms with van der Waals surface area (Å²) in [7, 11) is 3.02. The van der Waals surface area contributed by atoms with Crippen LogP contribution in [0.4, 0.5) is 14.5 Å². The van der Waals surface area contributed by atoms with Crippen LogP contribution in [0.5, 0.6) is 11.5 Å². The van der Waals surface area contributed by atoms with Gasteiger partial charge in [-0.25, -0.2) is 8.78 Å². The summed E-state index contributed by atoms with van der Waals surface area (Å²) in [6, 6.07) is 4.05. The van der Waals surface area contributed by atoms with Crippen LogP contribution in [0.2, 0.25) is 0 Å². The fourth-order valence-electron chi connectivity index (χ4n) is 1.25. The normalized spacial score (nSPS) is 12.4. The Bertz CT molecular complexity index is 345. The second-order valence-electron chi connectivity index (χ2n) is 3.34. The van der Waals surface area contributed by atoms with Crippen LogP contribution in [-0.4, -0.2) is 26.7 Å². The lowest BCUT2D eigenvalue weighted by atomic mass is 10.2. The summed E-state index contributed by atoms with van der Waals surface area (Å²) < 4.78 is 34.8. The van der Waals surface area contributed by atoms with E-state index in [0.717, 1.165) is 0 Å². The van der Waals surface area contributed by atoms with E-state index >= 15 is 0 Å². The van der Waals surface area contributed by atoms with Crippen molar-refractivity contribution < 1.29 is 18.3 Å². The summed E-state index contributed by atoms with van der Waals surface area (Å²) in [4.78, 5) is 0. The maximum Gasteiger partial charge on any atom is 0.258 e. The SMILES string of the molecule is COc1ccc(NC(C)C(F)F)cc1OC. The zero-order chi connectivity index (χ0) is 12.1. The predicted molar refractivity (Wildman–Crippen MR) is 58.6 cm³/mol. The predicted octanol–water partition coefficient (Wildman–Crippen LogP) is 2.77. The molecule has 0 aliphatic carbocycles. The van der Waals surface area contributed by atoms with Gasteiger partial charge in [-0.2, -0.15) is 0 Å². The standard InChI is InChI=1S/C11H15F2NO2/c1-7(11(12)13)14-8-4-5-9(15-2)10(6-8)16-3/h4-7,11,14H,1-3H3. The first kappa shape index (κ1) is 12.5. The Morgan fingerprint density at radius 1 is 1.12 bits per heavy atom. The van der Waals surface area contributed by atoms with E-state index in [9.17, 15) is 8.78 Å². The summed E-state index contributed by atoms with van der Waals surface area (Å²) in [6.45, 7) is 1.42. The minimum absolute atomic E-state index is 0.508. The van der Waals surface area contributed by atoms with Crippen molar-refractivity contribution in [2.45, 2.75) is 19.4 Å². The summed E-state index contributed by atoms with van der Waals surface area (Å²) >= 11 is 0. The van der Waals surface area contributed by atoms with Crippen molar-refractivity contribution in [1.82, 2.24) is 0 Å². The zero-order valence-corrected chi connectivity index (χ0v) is 9.46. The minimum Gasteiger partial charge on any atom is -0.493 e. The first-order valence-electron chi connectivity index (χ1n) is 4.85. The lowest BCUT2D eigenvalue weighted by molar-refractivity contribution is 0.130. The number of nitrogens with one attached hydrogen (secondary N) is 1. The van der Waals surface area contributed by atoms with E-state index in [-0.39, 0.29) is 0 Å². The highest BCUT2D eigenvalue weighted by molar-refractivity contribution is 5.55. The number of alkyl halides is 2. The molecule has 16 heavy (non-hydrogen) atoms. The fourth-order valence-corrected chi connectivity index (χ4v) is 1.25. The van der Waals surface area contributed by atoms with Gasteiger partial charge in [-0.15, -0.1) is 0 Å². The van der Waals surface area contributed by atoms with Crippen molar-refractivity contribution in [3.63, 3.8) is 0 Å². The summed E-state index contributed by atoms with van der Waals surface area (Å²) in [5.74, 6) is 1.08. The van der Waals surface area contributed by atoms with Crippen LogP contribution in [0, 0.1) is 0 Å². The van der Waals surface area contributed by atoms with Crippen molar-refractivity contribution in [1.29, 1.82) is 0 Å². The third kappa shape index (κ3) is 2.98. The van der Waals surface area contributed by atoms with Gasteiger partial charge < -0.3 is 14.8 Å². The number of hydrogen-bond donors (Lipinski definition) is 1. The molecule has 1 aromatic carbocycles. The molecule has 0 radical (unpaired) electrons. The number of hydrogen-bond acceptors (Lipinski definition) is 3. The molecule has 1 rings (SSSR count). The van der Waals surface area contributed by atoms with E-state index in [1.807, 2.05) is 0 Å². The second-order valence-corrected chi connectivity index (χ2v) is 3.34. The zero-order valence-electron chi connectivity index (χ0n) is 9.46. The van der Waals surface area contributed by atoms with E-state index in [2.05, 4.69) is 5.32 Å². The maximum absolute atomic E-state index is 12.3. The van der Waals surface area contributed by atoms with Crippen LogP contribution < -0.4 is 14.8 Å². The molecule has 0 spiro atoms. The van der Waals surface area contributed by atoms with Crippen LogP contribution >= 0.6 is 0 Å². The molecule has 1 atom stereocenters. The smallest absolute Gasteiger partial charge is 0.258 e. The van der Waals surface area contributed by atoms with Crippen molar-refractivity contribution >= 4 is 5.69 Å². The maximum atomic E-state index is 12.3. The van der Waals surface area contributed by atoms with Crippen molar-refractivity contribution in [3.8, 4) is 11.5 Å². The molecule has 0 aromatic heterocycles. The number of anilines is 1. The molecule has 90 valence electrons. The van der Waals surface area contributed by atoms with Gasteiger partial charge in [-0.05, 0) is 19.1 Å². The molecule has 0 amide bonds. The van der Waals surface area contributed by atoms with Crippen LogP contribution in [0.1, 0.15) is 6.92 Å². The van der Waals surface area contributed by atoms with Gasteiger partial charge in [0.2, 0.25) is 0 Å². The van der Waals surface area contributed by atoms with Gasteiger partial charge >= 0.3 is 0 Å². The summed E-state index contributed by atoms with van der Waals surface area (Å²) in [6.07, 6.45) is -2.41. The van der Waals surface area contributed by atoms with E-state index in [0.29, 0.717) is 17.2 Å². The Kier molecular flexibility index (Phi) is 4.34. The Morgan fingerprint density at radius 2 is 1.75 bits per heavy atom. The van der Waals surface area contributed by atoms with Crippen LogP contribution in [0.3, 0.4) is 0 Å². The molecule has 0 bridgehead atoms. The van der Waals surface area contributed by atoms with Crippen LogP contribution in [0.15, 0.2) is 18.2 Å². The van der Waals surface area contributed by atoms with Crippen LogP contribution in [0.25, 0.3) is 0 Å². The number of benzene rings is 1. The number of ether oxygens (including phenoxy) is 2. The highest BCUT2D eigenvalue weighted by atomic mass is 19.3. The monoisotopic (exact) mass is 231 g/mol. The molecule has 0 aliphatic rings. The second kappa shape index (κ2) is 5.53. The van der Waals surface area contributed by atoms with Gasteiger partial charge in [0.1, 0.15) is 0 Å². The molecule has 0 fully saturated rings. The quantitative estimate of drug-likeness (QED) is 0.845. The molecule has 5 heteroatoms. The van der Waals surface area contributed by atoms with E-state index in [1.165, 1.54) is 21.1 Å². The third-order valence-electron chi connectivity index (χ3n) is 2.16. The molecule has 0 saturated carbocycles. The Hall–Kier alpha value is -1.52.